The molecule has 1 N–H and O–H groups in total. The molecule has 5 nitrogen and oxygen atoms in total. The molecule has 2 atom stereocenters. The van der Waals surface area contributed by atoms with Crippen LogP contribution in [0.5, 0.6) is 0 Å². The van der Waals surface area contributed by atoms with E-state index in [9.17, 15) is 9.59 Å². The second-order valence-corrected chi connectivity index (χ2v) is 6.25. The number of likely N-dealkylation sites (tertiary alicyclic amines) is 1. The number of carboxylic acid groups (broad SMARTS) is 1. The summed E-state index contributed by atoms with van der Waals surface area (Å²) in [6, 6.07) is 0. The van der Waals surface area contributed by atoms with Crippen LogP contribution < -0.4 is 0 Å². The van der Waals surface area contributed by atoms with Crippen molar-refractivity contribution >= 4 is 11.9 Å². The third kappa shape index (κ3) is 4.43. The normalized spacial score (nSPS) is 25.6. The first-order valence-corrected chi connectivity index (χ1v) is 8.29. The Morgan fingerprint density at radius 2 is 1.90 bits per heavy atom. The maximum absolute atomic E-state index is 12.6. The van der Waals surface area contributed by atoms with E-state index in [1.165, 1.54) is 19.3 Å². The molecule has 1 saturated heterocycles. The van der Waals surface area contributed by atoms with Crippen molar-refractivity contribution < 1.29 is 19.4 Å². The van der Waals surface area contributed by atoms with Gasteiger partial charge in [-0.2, -0.15) is 0 Å². The standard InChI is InChI=1S/C16H27NO4/c1-2-14(21-13-8-4-3-5-9-13)15(18)17-10-6-7-12(11-17)16(19)20/h12-14H,2-11H2,1H3,(H,19,20)/t12-,14?/m0/s1. The minimum absolute atomic E-state index is 0.0194. The Hall–Kier alpha value is -1.10. The van der Waals surface area contributed by atoms with Crippen LogP contribution in [0.3, 0.4) is 0 Å². The van der Waals surface area contributed by atoms with E-state index >= 15 is 0 Å². The van der Waals surface area contributed by atoms with Gasteiger partial charge in [0, 0.05) is 13.1 Å². The van der Waals surface area contributed by atoms with Gasteiger partial charge in [-0.15, -0.1) is 0 Å². The highest BCUT2D eigenvalue weighted by atomic mass is 16.5. The lowest BCUT2D eigenvalue weighted by molar-refractivity contribution is -0.154. The van der Waals surface area contributed by atoms with E-state index < -0.39 is 18.0 Å². The van der Waals surface area contributed by atoms with E-state index in [1.54, 1.807) is 4.90 Å². The number of ether oxygens (including phenoxy) is 1. The Balaban J connectivity index is 1.90. The summed E-state index contributed by atoms with van der Waals surface area (Å²) >= 11 is 0. The molecule has 0 aromatic carbocycles. The molecule has 1 aliphatic heterocycles. The number of carbonyl (C=O) groups excluding carboxylic acids is 1. The lowest BCUT2D eigenvalue weighted by Gasteiger charge is -2.34. The molecule has 1 saturated carbocycles. The van der Waals surface area contributed by atoms with E-state index in [2.05, 4.69) is 0 Å². The molecule has 2 rings (SSSR count). The van der Waals surface area contributed by atoms with Crippen molar-refractivity contribution in [2.45, 2.75) is 70.5 Å². The number of piperidine rings is 1. The van der Waals surface area contributed by atoms with Crippen molar-refractivity contribution in [3.63, 3.8) is 0 Å². The molecule has 2 fully saturated rings. The fourth-order valence-electron chi connectivity index (χ4n) is 3.35. The summed E-state index contributed by atoms with van der Waals surface area (Å²) in [5, 5.41) is 9.13. The van der Waals surface area contributed by atoms with Crippen LogP contribution in [-0.2, 0) is 14.3 Å². The van der Waals surface area contributed by atoms with Crippen LogP contribution in [0, 0.1) is 5.92 Å². The quantitative estimate of drug-likeness (QED) is 0.846. The average Bonchev–Trinajstić information content (AvgIpc) is 2.53. The van der Waals surface area contributed by atoms with Gasteiger partial charge in [0.05, 0.1) is 12.0 Å². The van der Waals surface area contributed by atoms with Crippen LogP contribution in [0.4, 0.5) is 0 Å². The summed E-state index contributed by atoms with van der Waals surface area (Å²) in [5.74, 6) is -1.24. The largest absolute Gasteiger partial charge is 0.481 e. The number of hydrogen-bond acceptors (Lipinski definition) is 3. The molecule has 0 spiro atoms. The van der Waals surface area contributed by atoms with Gasteiger partial charge >= 0.3 is 5.97 Å². The molecule has 0 aromatic rings. The molecule has 0 aromatic heterocycles. The van der Waals surface area contributed by atoms with E-state index in [1.807, 2.05) is 6.92 Å². The molecule has 0 radical (unpaired) electrons. The number of amides is 1. The van der Waals surface area contributed by atoms with Gasteiger partial charge in [0.1, 0.15) is 6.10 Å². The van der Waals surface area contributed by atoms with Crippen molar-refractivity contribution in [1.82, 2.24) is 4.90 Å². The fraction of sp³-hybridized carbons (Fsp3) is 0.875. The average molecular weight is 297 g/mol. The minimum Gasteiger partial charge on any atom is -0.481 e. The Morgan fingerprint density at radius 1 is 1.19 bits per heavy atom. The Kier molecular flexibility index (Phi) is 6.03. The fourth-order valence-corrected chi connectivity index (χ4v) is 3.35. The first-order chi connectivity index (χ1) is 10.1. The molecule has 1 aliphatic carbocycles. The third-order valence-electron chi connectivity index (χ3n) is 4.64. The van der Waals surface area contributed by atoms with Crippen molar-refractivity contribution in [2.75, 3.05) is 13.1 Å². The topological polar surface area (TPSA) is 66.8 Å². The maximum atomic E-state index is 12.6. The van der Waals surface area contributed by atoms with Gasteiger partial charge in [-0.1, -0.05) is 26.2 Å². The predicted molar refractivity (Wildman–Crippen MR) is 79.0 cm³/mol. The Morgan fingerprint density at radius 3 is 2.52 bits per heavy atom. The van der Waals surface area contributed by atoms with Crippen LogP contribution in [0.25, 0.3) is 0 Å². The van der Waals surface area contributed by atoms with Crippen molar-refractivity contribution in [3.05, 3.63) is 0 Å². The summed E-state index contributed by atoms with van der Waals surface area (Å²) in [5.41, 5.74) is 0. The van der Waals surface area contributed by atoms with E-state index in [0.29, 0.717) is 25.9 Å². The first-order valence-electron chi connectivity index (χ1n) is 8.29. The molecule has 1 unspecified atom stereocenters. The van der Waals surface area contributed by atoms with Crippen LogP contribution >= 0.6 is 0 Å². The molecule has 0 bridgehead atoms. The second-order valence-electron chi connectivity index (χ2n) is 6.25. The lowest BCUT2D eigenvalue weighted by atomic mass is 9.96. The van der Waals surface area contributed by atoms with Gasteiger partial charge in [-0.3, -0.25) is 9.59 Å². The van der Waals surface area contributed by atoms with Crippen LogP contribution in [0.2, 0.25) is 0 Å². The molecule has 21 heavy (non-hydrogen) atoms. The Labute approximate surface area is 126 Å². The van der Waals surface area contributed by atoms with Crippen molar-refractivity contribution in [3.8, 4) is 0 Å². The molecule has 2 aliphatic rings. The molecular formula is C16H27NO4. The highest BCUT2D eigenvalue weighted by Crippen LogP contribution is 2.24. The third-order valence-corrected chi connectivity index (χ3v) is 4.64. The molecule has 120 valence electrons. The van der Waals surface area contributed by atoms with Crippen LogP contribution in [-0.4, -0.2) is 47.2 Å². The Bertz CT molecular complexity index is 365. The van der Waals surface area contributed by atoms with E-state index in [4.69, 9.17) is 9.84 Å². The number of nitrogens with zero attached hydrogens (tertiary/aromatic N) is 1. The van der Waals surface area contributed by atoms with Crippen LogP contribution in [0.15, 0.2) is 0 Å². The zero-order valence-corrected chi connectivity index (χ0v) is 12.9. The number of carboxylic acids is 1. The maximum Gasteiger partial charge on any atom is 0.308 e. The van der Waals surface area contributed by atoms with Crippen LogP contribution in [0.1, 0.15) is 58.3 Å². The zero-order valence-electron chi connectivity index (χ0n) is 12.9. The first kappa shape index (κ1) is 16.3. The van der Waals surface area contributed by atoms with Gasteiger partial charge < -0.3 is 14.7 Å². The molecule has 1 amide bonds. The smallest absolute Gasteiger partial charge is 0.308 e. The molecule has 1 heterocycles. The zero-order chi connectivity index (χ0) is 15.2. The summed E-state index contributed by atoms with van der Waals surface area (Å²) in [6.45, 7) is 2.95. The van der Waals surface area contributed by atoms with Gasteiger partial charge in [0.2, 0.25) is 0 Å². The molecule has 5 heteroatoms. The van der Waals surface area contributed by atoms with Gasteiger partial charge in [0.15, 0.2) is 0 Å². The van der Waals surface area contributed by atoms with Crippen molar-refractivity contribution in [1.29, 1.82) is 0 Å². The second kappa shape index (κ2) is 7.78. The monoisotopic (exact) mass is 297 g/mol. The highest BCUT2D eigenvalue weighted by Gasteiger charge is 2.32. The van der Waals surface area contributed by atoms with E-state index in [0.717, 1.165) is 19.3 Å². The number of hydrogen-bond donors (Lipinski definition) is 1. The van der Waals surface area contributed by atoms with E-state index in [-0.39, 0.29) is 12.0 Å². The number of rotatable bonds is 5. The van der Waals surface area contributed by atoms with Gasteiger partial charge in [-0.05, 0) is 32.1 Å². The van der Waals surface area contributed by atoms with Crippen molar-refractivity contribution in [2.24, 2.45) is 5.92 Å². The summed E-state index contributed by atoms with van der Waals surface area (Å²) in [4.78, 5) is 25.4. The van der Waals surface area contributed by atoms with Gasteiger partial charge in [-0.25, -0.2) is 0 Å². The number of aliphatic carboxylic acids is 1. The number of carbonyl (C=O) groups is 2. The minimum atomic E-state index is -0.797. The predicted octanol–water partition coefficient (Wildman–Crippen LogP) is 2.44. The van der Waals surface area contributed by atoms with Gasteiger partial charge in [0.25, 0.3) is 5.91 Å². The summed E-state index contributed by atoms with van der Waals surface area (Å²) in [6.07, 6.45) is 7.60. The SMILES string of the molecule is CCC(OC1CCCCC1)C(=O)N1CCC[C@H](C(=O)O)C1. The lowest BCUT2D eigenvalue weighted by Crippen LogP contribution is -2.48. The molecular weight excluding hydrogens is 270 g/mol. The summed E-state index contributed by atoms with van der Waals surface area (Å²) in [7, 11) is 0. The summed E-state index contributed by atoms with van der Waals surface area (Å²) < 4.78 is 6.01. The highest BCUT2D eigenvalue weighted by molar-refractivity contribution is 5.82.